The lowest BCUT2D eigenvalue weighted by Crippen LogP contribution is -2.43. The Hall–Kier alpha value is -1.95. The molecule has 1 heterocycles. The largest absolute Gasteiger partial charge is 0.329 e. The maximum Gasteiger partial charge on any atom is 0.320 e. The molecule has 1 rings (SSSR count). The monoisotopic (exact) mass is 379 g/mol. The van der Waals surface area contributed by atoms with Crippen molar-refractivity contribution >= 4 is 6.03 Å². The summed E-state index contributed by atoms with van der Waals surface area (Å²) >= 11 is 0. The van der Waals surface area contributed by atoms with E-state index in [4.69, 9.17) is 22.0 Å². The number of carbonyl (C=O) groups excluding carboxylic acids is 1. The third-order valence-corrected chi connectivity index (χ3v) is 4.55. The van der Waals surface area contributed by atoms with E-state index in [1.165, 1.54) is 0 Å². The lowest BCUT2D eigenvalue weighted by molar-refractivity contribution is 0.177. The van der Waals surface area contributed by atoms with E-state index < -0.39 is 0 Å². The Balaban J connectivity index is 2.36. The summed E-state index contributed by atoms with van der Waals surface area (Å²) in [7, 11) is 0. The number of hydrogen-bond donors (Lipinski definition) is 3. The van der Waals surface area contributed by atoms with Gasteiger partial charge in [0.25, 0.3) is 0 Å². The van der Waals surface area contributed by atoms with E-state index in [9.17, 15) is 4.79 Å². The van der Waals surface area contributed by atoms with Crippen LogP contribution in [0, 0.1) is 22.7 Å². The summed E-state index contributed by atoms with van der Waals surface area (Å²) in [6, 6.07) is 4.24. The van der Waals surface area contributed by atoms with Gasteiger partial charge in [-0.1, -0.05) is 0 Å². The molecule has 0 aliphatic carbocycles. The topological polar surface area (TPSA) is 142 Å². The van der Waals surface area contributed by atoms with Crippen LogP contribution in [-0.2, 0) is 0 Å². The van der Waals surface area contributed by atoms with Crippen molar-refractivity contribution in [2.75, 3.05) is 91.6 Å². The van der Waals surface area contributed by atoms with E-state index >= 15 is 0 Å². The number of nitrogens with one attached hydrogen (secondary N) is 1. The molecule has 0 unspecified atom stereocenters. The van der Waals surface area contributed by atoms with Gasteiger partial charge in [0.2, 0.25) is 0 Å². The van der Waals surface area contributed by atoms with Crippen molar-refractivity contribution in [3.05, 3.63) is 0 Å². The molecule has 0 aromatic heterocycles. The molecule has 0 atom stereocenters. The van der Waals surface area contributed by atoms with Crippen molar-refractivity contribution in [1.29, 1.82) is 10.5 Å². The highest BCUT2D eigenvalue weighted by molar-refractivity contribution is 5.76. The van der Waals surface area contributed by atoms with Crippen LogP contribution in [0.15, 0.2) is 0 Å². The van der Waals surface area contributed by atoms with Gasteiger partial charge >= 0.3 is 6.03 Å². The summed E-state index contributed by atoms with van der Waals surface area (Å²) in [5.74, 6) is 0. The Morgan fingerprint density at radius 1 is 0.926 bits per heavy atom. The Morgan fingerprint density at radius 2 is 1.52 bits per heavy atom. The molecule has 0 spiro atoms. The third kappa shape index (κ3) is 9.00. The van der Waals surface area contributed by atoms with Crippen LogP contribution in [0.2, 0.25) is 0 Å². The minimum Gasteiger partial charge on any atom is -0.329 e. The zero-order valence-corrected chi connectivity index (χ0v) is 16.1. The third-order valence-electron chi connectivity index (χ3n) is 4.55. The summed E-state index contributed by atoms with van der Waals surface area (Å²) in [5.41, 5.74) is 11.2. The molecular weight excluding hydrogens is 346 g/mol. The number of urea groups is 1. The molecule has 152 valence electrons. The van der Waals surface area contributed by atoms with Gasteiger partial charge in [-0.25, -0.2) is 4.79 Å². The highest BCUT2D eigenvalue weighted by atomic mass is 16.2. The Kier molecular flexibility index (Phi) is 12.1. The number of nitrogens with two attached hydrogens (primary N) is 2. The zero-order valence-electron chi connectivity index (χ0n) is 16.1. The van der Waals surface area contributed by atoms with E-state index in [1.807, 2.05) is 14.7 Å². The average molecular weight is 380 g/mol. The number of amides is 2. The van der Waals surface area contributed by atoms with Crippen LogP contribution in [0.3, 0.4) is 0 Å². The standard InChI is InChI=1S/C17H33N9O/c18-1-5-22-6-10-24(9-4-21)12-14-26-16-15-25(17(26)27)13-11-23(7-2-19)8-3-20/h22H,2,4-16,19,21H2. The Bertz CT molecular complexity index is 502. The van der Waals surface area contributed by atoms with E-state index in [1.54, 1.807) is 0 Å². The molecule has 2 amide bonds. The van der Waals surface area contributed by atoms with Crippen LogP contribution in [0.5, 0.6) is 0 Å². The molecule has 0 bridgehead atoms. The molecule has 0 aromatic carbocycles. The van der Waals surface area contributed by atoms with Crippen molar-refractivity contribution in [2.24, 2.45) is 11.5 Å². The second-order valence-corrected chi connectivity index (χ2v) is 6.44. The second kappa shape index (κ2) is 14.2. The van der Waals surface area contributed by atoms with Crippen molar-refractivity contribution in [3.63, 3.8) is 0 Å². The van der Waals surface area contributed by atoms with Gasteiger partial charge in [-0.2, -0.15) is 10.5 Å². The van der Waals surface area contributed by atoms with Crippen molar-refractivity contribution in [3.8, 4) is 12.1 Å². The number of nitriles is 2. The molecule has 0 aromatic rings. The maximum atomic E-state index is 12.6. The fourth-order valence-corrected chi connectivity index (χ4v) is 3.02. The fraction of sp³-hybridized carbons (Fsp3) is 0.824. The van der Waals surface area contributed by atoms with Gasteiger partial charge < -0.3 is 26.6 Å². The summed E-state index contributed by atoms with van der Waals surface area (Å²) in [5, 5.41) is 20.5. The van der Waals surface area contributed by atoms with Gasteiger partial charge in [-0.3, -0.25) is 9.80 Å². The van der Waals surface area contributed by atoms with Crippen molar-refractivity contribution in [2.45, 2.75) is 0 Å². The van der Waals surface area contributed by atoms with Crippen LogP contribution >= 0.6 is 0 Å². The lowest BCUT2D eigenvalue weighted by Gasteiger charge is -2.26. The first-order valence-electron chi connectivity index (χ1n) is 9.49. The molecule has 10 nitrogen and oxygen atoms in total. The van der Waals surface area contributed by atoms with Crippen molar-refractivity contribution in [1.82, 2.24) is 24.9 Å². The highest BCUT2D eigenvalue weighted by Gasteiger charge is 2.28. The van der Waals surface area contributed by atoms with E-state index in [2.05, 4.69) is 22.4 Å². The first kappa shape index (κ1) is 23.1. The SMILES string of the molecule is N#CCNCCN(CCN)CCN1CCN(CCN(CC#N)CCN)C1=O. The van der Waals surface area contributed by atoms with Crippen molar-refractivity contribution < 1.29 is 4.79 Å². The maximum absolute atomic E-state index is 12.6. The first-order chi connectivity index (χ1) is 13.2. The summed E-state index contributed by atoms with van der Waals surface area (Å²) in [6.45, 7) is 8.81. The number of carbonyl (C=O) groups is 1. The zero-order chi connectivity index (χ0) is 19.9. The molecule has 1 aliphatic rings. The molecular formula is C17H33N9O. The minimum atomic E-state index is 0.0509. The smallest absolute Gasteiger partial charge is 0.320 e. The van der Waals surface area contributed by atoms with E-state index in [0.29, 0.717) is 58.9 Å². The van der Waals surface area contributed by atoms with Gasteiger partial charge in [0.15, 0.2) is 0 Å². The van der Waals surface area contributed by atoms with Gasteiger partial charge in [-0.05, 0) is 0 Å². The van der Waals surface area contributed by atoms with Gasteiger partial charge in [0, 0.05) is 78.5 Å². The molecule has 1 fully saturated rings. The summed E-state index contributed by atoms with van der Waals surface area (Å²) in [6.07, 6.45) is 0. The van der Waals surface area contributed by atoms with Crippen LogP contribution in [0.25, 0.3) is 0 Å². The molecule has 1 aliphatic heterocycles. The molecule has 1 saturated heterocycles. The number of hydrogen-bond acceptors (Lipinski definition) is 8. The first-order valence-corrected chi connectivity index (χ1v) is 9.49. The molecule has 0 radical (unpaired) electrons. The number of rotatable bonds is 15. The highest BCUT2D eigenvalue weighted by Crippen LogP contribution is 2.08. The van der Waals surface area contributed by atoms with E-state index in [-0.39, 0.29) is 6.03 Å². The number of nitrogens with zero attached hydrogens (tertiary/aromatic N) is 6. The quantitative estimate of drug-likeness (QED) is 0.217. The van der Waals surface area contributed by atoms with Crippen LogP contribution < -0.4 is 16.8 Å². The average Bonchev–Trinajstić information content (AvgIpc) is 3.01. The second-order valence-electron chi connectivity index (χ2n) is 6.44. The summed E-state index contributed by atoms with van der Waals surface area (Å²) < 4.78 is 0. The minimum absolute atomic E-state index is 0.0509. The Morgan fingerprint density at radius 3 is 2.07 bits per heavy atom. The predicted octanol–water partition coefficient (Wildman–Crippen LogP) is -2.12. The molecule has 10 heteroatoms. The Labute approximate surface area is 162 Å². The molecule has 27 heavy (non-hydrogen) atoms. The molecule has 5 N–H and O–H groups in total. The predicted molar refractivity (Wildman–Crippen MR) is 104 cm³/mol. The van der Waals surface area contributed by atoms with Gasteiger partial charge in [-0.15, -0.1) is 0 Å². The van der Waals surface area contributed by atoms with Gasteiger partial charge in [0.05, 0.1) is 25.2 Å². The van der Waals surface area contributed by atoms with Gasteiger partial charge in [0.1, 0.15) is 0 Å². The van der Waals surface area contributed by atoms with Crippen LogP contribution in [0.4, 0.5) is 4.79 Å². The molecule has 0 saturated carbocycles. The lowest BCUT2D eigenvalue weighted by atomic mass is 10.4. The van der Waals surface area contributed by atoms with Crippen LogP contribution in [-0.4, -0.2) is 117 Å². The van der Waals surface area contributed by atoms with Crippen LogP contribution in [0.1, 0.15) is 0 Å². The van der Waals surface area contributed by atoms with E-state index in [0.717, 1.165) is 32.7 Å². The summed E-state index contributed by atoms with van der Waals surface area (Å²) in [4.78, 5) is 20.4. The normalized spacial score (nSPS) is 14.2. The fourth-order valence-electron chi connectivity index (χ4n) is 3.02.